The summed E-state index contributed by atoms with van der Waals surface area (Å²) < 4.78 is 0. The first kappa shape index (κ1) is 14.5. The first-order chi connectivity index (χ1) is 8.15. The minimum Gasteiger partial charge on any atom is -0.352 e. The molecule has 1 amide bonds. The van der Waals surface area contributed by atoms with Crippen LogP contribution in [0.5, 0.6) is 0 Å². The van der Waals surface area contributed by atoms with Crippen molar-refractivity contribution in [3.05, 3.63) is 0 Å². The highest BCUT2D eigenvalue weighted by molar-refractivity contribution is 5.73. The molecule has 0 aromatic rings. The molecule has 1 aliphatic rings. The minimum absolute atomic E-state index is 0.114. The Morgan fingerprint density at radius 2 is 2.06 bits per heavy atom. The number of hydrogen-bond donors (Lipinski definition) is 1. The maximum absolute atomic E-state index is 11.2. The molecule has 1 fully saturated rings. The summed E-state index contributed by atoms with van der Waals surface area (Å²) in [5, 5.41) is 3.10. The van der Waals surface area contributed by atoms with Crippen LogP contribution in [-0.4, -0.2) is 36.5 Å². The van der Waals surface area contributed by atoms with Gasteiger partial charge in [0.1, 0.15) is 0 Å². The number of piperidine rings is 1. The van der Waals surface area contributed by atoms with E-state index in [2.05, 4.69) is 24.1 Å². The van der Waals surface area contributed by atoms with Crippen LogP contribution in [0.25, 0.3) is 0 Å². The third-order valence-corrected chi connectivity index (χ3v) is 3.55. The van der Waals surface area contributed by atoms with Crippen molar-refractivity contribution in [2.24, 2.45) is 5.92 Å². The van der Waals surface area contributed by atoms with Crippen molar-refractivity contribution in [1.82, 2.24) is 10.2 Å². The Labute approximate surface area is 106 Å². The van der Waals surface area contributed by atoms with Crippen molar-refractivity contribution < 1.29 is 4.79 Å². The van der Waals surface area contributed by atoms with Crippen molar-refractivity contribution in [3.8, 4) is 0 Å². The van der Waals surface area contributed by atoms with Crippen LogP contribution in [0.3, 0.4) is 0 Å². The molecule has 0 saturated carbocycles. The van der Waals surface area contributed by atoms with Gasteiger partial charge in [-0.1, -0.05) is 26.7 Å². The zero-order valence-corrected chi connectivity index (χ0v) is 11.7. The van der Waals surface area contributed by atoms with Gasteiger partial charge in [-0.05, 0) is 31.7 Å². The molecule has 1 N–H and O–H groups in total. The molecule has 3 heteroatoms. The highest BCUT2D eigenvalue weighted by atomic mass is 16.1. The average molecular weight is 240 g/mol. The predicted molar refractivity (Wildman–Crippen MR) is 72.0 cm³/mol. The number of rotatable bonds is 6. The second-order valence-electron chi connectivity index (χ2n) is 5.40. The fourth-order valence-electron chi connectivity index (χ4n) is 2.88. The van der Waals surface area contributed by atoms with E-state index >= 15 is 0 Å². The van der Waals surface area contributed by atoms with Gasteiger partial charge in [0.25, 0.3) is 0 Å². The second-order valence-corrected chi connectivity index (χ2v) is 5.40. The van der Waals surface area contributed by atoms with Crippen LogP contribution in [-0.2, 0) is 4.79 Å². The summed E-state index contributed by atoms with van der Waals surface area (Å²) in [6.45, 7) is 9.56. The number of nitrogens with zero attached hydrogens (tertiary/aromatic N) is 1. The van der Waals surface area contributed by atoms with E-state index in [1.54, 1.807) is 6.92 Å². The van der Waals surface area contributed by atoms with Crippen LogP contribution in [0.2, 0.25) is 0 Å². The third kappa shape index (κ3) is 5.53. The quantitative estimate of drug-likeness (QED) is 0.773. The van der Waals surface area contributed by atoms with Crippen LogP contribution in [0.1, 0.15) is 52.9 Å². The fourth-order valence-corrected chi connectivity index (χ4v) is 2.88. The number of amides is 1. The number of likely N-dealkylation sites (tertiary alicyclic amines) is 1. The van der Waals surface area contributed by atoms with E-state index in [0.717, 1.165) is 18.9 Å². The third-order valence-electron chi connectivity index (χ3n) is 3.55. The standard InChI is InChI=1S/C14H28N2O/c1-4-6-8-16-10-13(7-5-2)9-14(11-16)15-12(3)17/h13-14H,4-11H2,1-3H3,(H,15,17). The molecule has 2 atom stereocenters. The van der Waals surface area contributed by atoms with Gasteiger partial charge in [0.05, 0.1) is 0 Å². The highest BCUT2D eigenvalue weighted by Crippen LogP contribution is 2.21. The van der Waals surface area contributed by atoms with Gasteiger partial charge in [-0.3, -0.25) is 4.79 Å². The van der Waals surface area contributed by atoms with Gasteiger partial charge in [-0.15, -0.1) is 0 Å². The topological polar surface area (TPSA) is 32.3 Å². The summed E-state index contributed by atoms with van der Waals surface area (Å²) in [5.41, 5.74) is 0. The van der Waals surface area contributed by atoms with Gasteiger partial charge in [-0.2, -0.15) is 0 Å². The SMILES string of the molecule is CCCCN1CC(CCC)CC(NC(C)=O)C1. The lowest BCUT2D eigenvalue weighted by Gasteiger charge is -2.38. The summed E-state index contributed by atoms with van der Waals surface area (Å²) in [6.07, 6.45) is 6.22. The highest BCUT2D eigenvalue weighted by Gasteiger charge is 2.26. The van der Waals surface area contributed by atoms with Gasteiger partial charge >= 0.3 is 0 Å². The summed E-state index contributed by atoms with van der Waals surface area (Å²) >= 11 is 0. The number of carbonyl (C=O) groups is 1. The summed E-state index contributed by atoms with van der Waals surface area (Å²) in [7, 11) is 0. The number of carbonyl (C=O) groups excluding carboxylic acids is 1. The van der Waals surface area contributed by atoms with E-state index in [0.29, 0.717) is 6.04 Å². The van der Waals surface area contributed by atoms with E-state index in [4.69, 9.17) is 0 Å². The van der Waals surface area contributed by atoms with Crippen LogP contribution >= 0.6 is 0 Å². The molecule has 2 unspecified atom stereocenters. The maximum Gasteiger partial charge on any atom is 0.217 e. The van der Waals surface area contributed by atoms with Gasteiger partial charge in [0.15, 0.2) is 0 Å². The summed E-state index contributed by atoms with van der Waals surface area (Å²) in [4.78, 5) is 13.7. The molecule has 0 aromatic carbocycles. The first-order valence-electron chi connectivity index (χ1n) is 7.15. The van der Waals surface area contributed by atoms with Crippen molar-refractivity contribution in [2.75, 3.05) is 19.6 Å². The summed E-state index contributed by atoms with van der Waals surface area (Å²) in [6, 6.07) is 0.370. The Balaban J connectivity index is 2.46. The van der Waals surface area contributed by atoms with E-state index in [1.165, 1.54) is 38.8 Å². The number of unbranched alkanes of at least 4 members (excludes halogenated alkanes) is 1. The molecule has 1 heterocycles. The average Bonchev–Trinajstić information content (AvgIpc) is 2.25. The molecule has 0 aliphatic carbocycles. The Morgan fingerprint density at radius 3 is 2.65 bits per heavy atom. The number of hydrogen-bond acceptors (Lipinski definition) is 2. The Hall–Kier alpha value is -0.570. The van der Waals surface area contributed by atoms with Gasteiger partial charge in [0.2, 0.25) is 5.91 Å². The fraction of sp³-hybridized carbons (Fsp3) is 0.929. The van der Waals surface area contributed by atoms with Gasteiger partial charge in [0, 0.05) is 26.1 Å². The lowest BCUT2D eigenvalue weighted by molar-refractivity contribution is -0.120. The molecule has 1 saturated heterocycles. The Bertz CT molecular complexity index is 230. The molecule has 1 aliphatic heterocycles. The Morgan fingerprint density at radius 1 is 1.29 bits per heavy atom. The molecule has 3 nitrogen and oxygen atoms in total. The minimum atomic E-state index is 0.114. The van der Waals surface area contributed by atoms with Gasteiger partial charge < -0.3 is 10.2 Å². The molecule has 0 spiro atoms. The summed E-state index contributed by atoms with van der Waals surface area (Å²) in [5.74, 6) is 0.880. The Kier molecular flexibility index (Phi) is 6.56. The van der Waals surface area contributed by atoms with E-state index < -0.39 is 0 Å². The zero-order chi connectivity index (χ0) is 12.7. The molecular weight excluding hydrogens is 212 g/mol. The smallest absolute Gasteiger partial charge is 0.217 e. The van der Waals surface area contributed by atoms with E-state index in [-0.39, 0.29) is 5.91 Å². The molecule has 0 aromatic heterocycles. The van der Waals surface area contributed by atoms with Crippen molar-refractivity contribution in [3.63, 3.8) is 0 Å². The normalized spacial score (nSPS) is 25.8. The molecular formula is C14H28N2O. The molecule has 0 bridgehead atoms. The number of nitrogens with one attached hydrogen (secondary N) is 1. The van der Waals surface area contributed by atoms with Crippen LogP contribution < -0.4 is 5.32 Å². The van der Waals surface area contributed by atoms with Crippen LogP contribution in [0.15, 0.2) is 0 Å². The predicted octanol–water partition coefficient (Wildman–Crippen LogP) is 2.41. The molecule has 100 valence electrons. The van der Waals surface area contributed by atoms with E-state index in [1.807, 2.05) is 0 Å². The lowest BCUT2D eigenvalue weighted by atomic mass is 9.90. The molecule has 17 heavy (non-hydrogen) atoms. The van der Waals surface area contributed by atoms with Crippen LogP contribution in [0, 0.1) is 5.92 Å². The molecule has 0 radical (unpaired) electrons. The first-order valence-corrected chi connectivity index (χ1v) is 7.15. The van der Waals surface area contributed by atoms with Crippen LogP contribution in [0.4, 0.5) is 0 Å². The van der Waals surface area contributed by atoms with Crippen molar-refractivity contribution >= 4 is 5.91 Å². The monoisotopic (exact) mass is 240 g/mol. The largest absolute Gasteiger partial charge is 0.352 e. The molecule has 1 rings (SSSR count). The van der Waals surface area contributed by atoms with Gasteiger partial charge in [-0.25, -0.2) is 0 Å². The van der Waals surface area contributed by atoms with Crippen molar-refractivity contribution in [1.29, 1.82) is 0 Å². The zero-order valence-electron chi connectivity index (χ0n) is 11.7. The maximum atomic E-state index is 11.2. The van der Waals surface area contributed by atoms with E-state index in [9.17, 15) is 4.79 Å². The van der Waals surface area contributed by atoms with Crippen molar-refractivity contribution in [2.45, 2.75) is 58.9 Å². The lowest BCUT2D eigenvalue weighted by Crippen LogP contribution is -2.50. The second kappa shape index (κ2) is 7.70.